The van der Waals surface area contributed by atoms with Crippen molar-refractivity contribution in [3.63, 3.8) is 0 Å². The summed E-state index contributed by atoms with van der Waals surface area (Å²) in [6, 6.07) is 0.755. The fourth-order valence-corrected chi connectivity index (χ4v) is 3.07. The van der Waals surface area contributed by atoms with Crippen LogP contribution < -0.4 is 5.73 Å². The average Bonchev–Trinajstić information content (AvgIpc) is 2.62. The van der Waals surface area contributed by atoms with Gasteiger partial charge in [-0.15, -0.1) is 0 Å². The number of hydrogen-bond donors (Lipinski definition) is 2. The Hall–Kier alpha value is -0.120. The van der Waals surface area contributed by atoms with Crippen LogP contribution >= 0.6 is 0 Å². The summed E-state index contributed by atoms with van der Waals surface area (Å²) in [6.07, 6.45) is 6.53. The predicted octanol–water partition coefficient (Wildman–Crippen LogP) is 0.570. The molecule has 1 saturated heterocycles. The molecule has 3 atom stereocenters. The van der Waals surface area contributed by atoms with E-state index in [2.05, 4.69) is 4.90 Å². The highest BCUT2D eigenvalue weighted by atomic mass is 16.3. The van der Waals surface area contributed by atoms with Gasteiger partial charge in [-0.1, -0.05) is 12.8 Å². The summed E-state index contributed by atoms with van der Waals surface area (Å²) in [7, 11) is 0. The van der Waals surface area contributed by atoms with Crippen molar-refractivity contribution in [1.82, 2.24) is 4.90 Å². The third-order valence-corrected chi connectivity index (χ3v) is 3.84. The van der Waals surface area contributed by atoms with Gasteiger partial charge < -0.3 is 10.8 Å². The minimum Gasteiger partial charge on any atom is -0.390 e. The minimum absolute atomic E-state index is 0.323. The molecule has 1 heterocycles. The molecular weight excluding hydrogens is 176 g/mol. The molecule has 1 saturated carbocycles. The van der Waals surface area contributed by atoms with Crippen LogP contribution in [0.2, 0.25) is 0 Å². The molecule has 14 heavy (non-hydrogen) atoms. The van der Waals surface area contributed by atoms with Crippen LogP contribution in [-0.4, -0.2) is 41.8 Å². The van der Waals surface area contributed by atoms with E-state index in [0.29, 0.717) is 6.54 Å². The zero-order valence-electron chi connectivity index (χ0n) is 8.86. The monoisotopic (exact) mass is 198 g/mol. The Kier molecular flexibility index (Phi) is 3.42. The first-order valence-corrected chi connectivity index (χ1v) is 5.93. The Morgan fingerprint density at radius 3 is 2.86 bits per heavy atom. The number of fused-ring (bicyclic) bond motifs is 1. The fraction of sp³-hybridized carbons (Fsp3) is 1.00. The van der Waals surface area contributed by atoms with E-state index in [1.807, 2.05) is 0 Å². The van der Waals surface area contributed by atoms with Crippen LogP contribution in [0.5, 0.6) is 0 Å². The number of nitrogens with two attached hydrogens (primary N) is 1. The Labute approximate surface area is 86.3 Å². The van der Waals surface area contributed by atoms with E-state index in [9.17, 15) is 5.11 Å². The van der Waals surface area contributed by atoms with Crippen LogP contribution in [0.15, 0.2) is 0 Å². The van der Waals surface area contributed by atoms with Gasteiger partial charge in [0.15, 0.2) is 0 Å². The normalized spacial score (nSPS) is 35.6. The van der Waals surface area contributed by atoms with Gasteiger partial charge in [0.05, 0.1) is 6.10 Å². The van der Waals surface area contributed by atoms with Crippen LogP contribution in [0, 0.1) is 5.92 Å². The lowest BCUT2D eigenvalue weighted by molar-refractivity contribution is 0.0941. The summed E-state index contributed by atoms with van der Waals surface area (Å²) < 4.78 is 0. The van der Waals surface area contributed by atoms with E-state index in [1.54, 1.807) is 0 Å². The second kappa shape index (κ2) is 4.60. The van der Waals surface area contributed by atoms with E-state index >= 15 is 0 Å². The number of aliphatic hydroxyl groups is 1. The highest BCUT2D eigenvalue weighted by Gasteiger charge is 2.35. The first-order chi connectivity index (χ1) is 6.81. The maximum atomic E-state index is 9.54. The molecule has 3 heteroatoms. The van der Waals surface area contributed by atoms with Gasteiger partial charge in [0.25, 0.3) is 0 Å². The van der Waals surface area contributed by atoms with Crippen LogP contribution in [0.25, 0.3) is 0 Å². The standard InChI is InChI=1S/C11H22N2O/c12-7-10(14)8-13-6-5-9-3-1-2-4-11(9)13/h9-11,14H,1-8,12H2. The summed E-state index contributed by atoms with van der Waals surface area (Å²) in [4.78, 5) is 2.46. The molecule has 0 spiro atoms. The Balaban J connectivity index is 1.87. The Morgan fingerprint density at radius 1 is 1.29 bits per heavy atom. The lowest BCUT2D eigenvalue weighted by Crippen LogP contribution is -2.41. The van der Waals surface area contributed by atoms with Gasteiger partial charge in [0, 0.05) is 19.1 Å². The van der Waals surface area contributed by atoms with Crippen LogP contribution in [0.4, 0.5) is 0 Å². The van der Waals surface area contributed by atoms with Crippen molar-refractivity contribution in [1.29, 1.82) is 0 Å². The highest BCUT2D eigenvalue weighted by Crippen LogP contribution is 2.35. The molecule has 2 rings (SSSR count). The minimum atomic E-state index is -0.323. The molecular formula is C11H22N2O. The number of likely N-dealkylation sites (tertiary alicyclic amines) is 1. The van der Waals surface area contributed by atoms with Crippen molar-refractivity contribution < 1.29 is 5.11 Å². The molecule has 3 N–H and O–H groups in total. The third-order valence-electron chi connectivity index (χ3n) is 3.84. The van der Waals surface area contributed by atoms with Gasteiger partial charge in [0.2, 0.25) is 0 Å². The zero-order chi connectivity index (χ0) is 9.97. The number of nitrogens with zero attached hydrogens (tertiary/aromatic N) is 1. The van der Waals surface area contributed by atoms with Gasteiger partial charge in [-0.3, -0.25) is 4.90 Å². The zero-order valence-corrected chi connectivity index (χ0v) is 8.86. The average molecular weight is 198 g/mol. The van der Waals surface area contributed by atoms with E-state index in [0.717, 1.165) is 18.5 Å². The van der Waals surface area contributed by atoms with Crippen molar-refractivity contribution in [2.45, 2.75) is 44.2 Å². The smallest absolute Gasteiger partial charge is 0.0789 e. The summed E-state index contributed by atoms with van der Waals surface area (Å²) in [5.74, 6) is 0.911. The highest BCUT2D eigenvalue weighted by molar-refractivity contribution is 4.90. The molecule has 0 radical (unpaired) electrons. The van der Waals surface area contributed by atoms with Crippen LogP contribution in [0.1, 0.15) is 32.1 Å². The number of β-amino-alcohol motifs (C(OH)–C–C–N with tert-alkyl or cyclic N) is 1. The molecule has 82 valence electrons. The van der Waals surface area contributed by atoms with Gasteiger partial charge in [0.1, 0.15) is 0 Å². The van der Waals surface area contributed by atoms with E-state index in [1.165, 1.54) is 38.6 Å². The molecule has 0 bridgehead atoms. The van der Waals surface area contributed by atoms with E-state index in [4.69, 9.17) is 5.73 Å². The molecule has 0 aromatic heterocycles. The number of rotatable bonds is 3. The lowest BCUT2D eigenvalue weighted by atomic mass is 9.85. The summed E-state index contributed by atoms with van der Waals surface area (Å²) in [5.41, 5.74) is 5.44. The molecule has 0 aromatic rings. The van der Waals surface area contributed by atoms with Gasteiger partial charge in [-0.05, 0) is 31.7 Å². The van der Waals surface area contributed by atoms with Crippen molar-refractivity contribution in [3.05, 3.63) is 0 Å². The molecule has 0 amide bonds. The molecule has 1 aliphatic carbocycles. The molecule has 3 nitrogen and oxygen atoms in total. The van der Waals surface area contributed by atoms with Gasteiger partial charge >= 0.3 is 0 Å². The summed E-state index contributed by atoms with van der Waals surface area (Å²) in [6.45, 7) is 2.36. The predicted molar refractivity (Wildman–Crippen MR) is 57.0 cm³/mol. The second-order valence-corrected chi connectivity index (χ2v) is 4.79. The molecule has 0 aromatic carbocycles. The SMILES string of the molecule is NCC(O)CN1CCC2CCCCC21. The van der Waals surface area contributed by atoms with Crippen molar-refractivity contribution in [3.8, 4) is 0 Å². The first-order valence-electron chi connectivity index (χ1n) is 5.93. The first kappa shape index (κ1) is 10.4. The van der Waals surface area contributed by atoms with Crippen molar-refractivity contribution in [2.24, 2.45) is 11.7 Å². The van der Waals surface area contributed by atoms with Gasteiger partial charge in [-0.25, -0.2) is 0 Å². The van der Waals surface area contributed by atoms with Crippen molar-refractivity contribution >= 4 is 0 Å². The van der Waals surface area contributed by atoms with E-state index < -0.39 is 0 Å². The largest absolute Gasteiger partial charge is 0.390 e. The second-order valence-electron chi connectivity index (χ2n) is 4.79. The molecule has 2 fully saturated rings. The Bertz CT molecular complexity index is 186. The molecule has 2 aliphatic rings. The maximum Gasteiger partial charge on any atom is 0.0789 e. The third kappa shape index (κ3) is 2.10. The molecule has 3 unspecified atom stereocenters. The fourth-order valence-electron chi connectivity index (χ4n) is 3.07. The number of aliphatic hydroxyl groups excluding tert-OH is 1. The topological polar surface area (TPSA) is 49.5 Å². The summed E-state index contributed by atoms with van der Waals surface area (Å²) >= 11 is 0. The van der Waals surface area contributed by atoms with Crippen LogP contribution in [-0.2, 0) is 0 Å². The van der Waals surface area contributed by atoms with Crippen molar-refractivity contribution in [2.75, 3.05) is 19.6 Å². The quantitative estimate of drug-likeness (QED) is 0.697. The Morgan fingerprint density at radius 2 is 2.07 bits per heavy atom. The van der Waals surface area contributed by atoms with Crippen LogP contribution in [0.3, 0.4) is 0 Å². The van der Waals surface area contributed by atoms with E-state index in [-0.39, 0.29) is 6.10 Å². The maximum absolute atomic E-state index is 9.54. The number of hydrogen-bond acceptors (Lipinski definition) is 3. The lowest BCUT2D eigenvalue weighted by Gasteiger charge is -2.32. The molecule has 1 aliphatic heterocycles. The summed E-state index contributed by atoms with van der Waals surface area (Å²) in [5, 5.41) is 9.54. The van der Waals surface area contributed by atoms with Gasteiger partial charge in [-0.2, -0.15) is 0 Å².